The van der Waals surface area contributed by atoms with Crippen LogP contribution in [0.3, 0.4) is 0 Å². The summed E-state index contributed by atoms with van der Waals surface area (Å²) in [6, 6.07) is 3.89. The van der Waals surface area contributed by atoms with Crippen LogP contribution in [-0.2, 0) is 30.0 Å². The Kier molecular flexibility index (Phi) is 3.33. The van der Waals surface area contributed by atoms with Gasteiger partial charge in [0.05, 0.1) is 29.2 Å². The molecule has 0 saturated heterocycles. The Bertz CT molecular complexity index is 799. The van der Waals surface area contributed by atoms with Crippen LogP contribution in [0.5, 0.6) is 0 Å². The van der Waals surface area contributed by atoms with E-state index in [1.165, 1.54) is 22.5 Å². The summed E-state index contributed by atoms with van der Waals surface area (Å²) in [7, 11) is -1.76. The van der Waals surface area contributed by atoms with E-state index in [0.29, 0.717) is 25.1 Å². The van der Waals surface area contributed by atoms with E-state index in [1.807, 2.05) is 11.6 Å². The summed E-state index contributed by atoms with van der Waals surface area (Å²) in [5.41, 5.74) is 2.18. The van der Waals surface area contributed by atoms with E-state index >= 15 is 0 Å². The molecule has 1 aliphatic heterocycles. The summed E-state index contributed by atoms with van der Waals surface area (Å²) in [4.78, 5) is 4.39. The first-order valence-corrected chi connectivity index (χ1v) is 8.09. The lowest BCUT2D eigenvalue weighted by atomic mass is 10.2. The van der Waals surface area contributed by atoms with E-state index in [9.17, 15) is 12.8 Å². The summed E-state index contributed by atoms with van der Waals surface area (Å²) in [5.74, 6) is -0.401. The van der Waals surface area contributed by atoms with Gasteiger partial charge in [-0.1, -0.05) is 0 Å². The molecule has 3 rings (SSSR count). The van der Waals surface area contributed by atoms with E-state index in [2.05, 4.69) is 4.98 Å². The Morgan fingerprint density at radius 2 is 2.10 bits per heavy atom. The molecule has 5 nitrogen and oxygen atoms in total. The molecule has 0 bridgehead atoms. The van der Waals surface area contributed by atoms with Gasteiger partial charge >= 0.3 is 0 Å². The van der Waals surface area contributed by atoms with Crippen LogP contribution in [0.15, 0.2) is 29.4 Å². The fourth-order valence-corrected chi connectivity index (χ4v) is 4.01. The molecule has 2 heterocycles. The minimum atomic E-state index is -3.61. The van der Waals surface area contributed by atoms with E-state index in [-0.39, 0.29) is 4.90 Å². The zero-order valence-electron chi connectivity index (χ0n) is 11.9. The molecule has 0 radical (unpaired) electrons. The minimum Gasteiger partial charge on any atom is -0.336 e. The summed E-state index contributed by atoms with van der Waals surface area (Å²) in [5, 5.41) is 0. The largest absolute Gasteiger partial charge is 0.336 e. The molecular formula is C14H16FN3O2S. The molecule has 2 aromatic rings. The predicted octanol–water partition coefficient (Wildman–Crippen LogP) is 1.61. The molecule has 7 heteroatoms. The van der Waals surface area contributed by atoms with E-state index in [1.54, 1.807) is 13.3 Å². The third kappa shape index (κ3) is 2.36. The van der Waals surface area contributed by atoms with Crippen molar-refractivity contribution >= 4 is 10.0 Å². The van der Waals surface area contributed by atoms with E-state index in [0.717, 1.165) is 11.4 Å². The highest BCUT2D eigenvalue weighted by Gasteiger charge is 2.30. The Balaban J connectivity index is 1.96. The number of fused-ring (bicyclic) bond motifs is 1. The number of sulfonamides is 1. The molecule has 0 saturated carbocycles. The third-order valence-electron chi connectivity index (χ3n) is 3.84. The van der Waals surface area contributed by atoms with E-state index < -0.39 is 15.8 Å². The first kappa shape index (κ1) is 14.2. The van der Waals surface area contributed by atoms with Gasteiger partial charge in [-0.15, -0.1) is 0 Å². The van der Waals surface area contributed by atoms with Crippen molar-refractivity contribution in [2.45, 2.75) is 24.8 Å². The fourth-order valence-electron chi connectivity index (χ4n) is 2.52. The maximum Gasteiger partial charge on any atom is 0.243 e. The second kappa shape index (κ2) is 4.92. The van der Waals surface area contributed by atoms with Gasteiger partial charge in [-0.05, 0) is 30.7 Å². The molecular weight excluding hydrogens is 293 g/mol. The standard InChI is InChI=1S/C14H16FN3O2S/c1-10-7-11(3-4-12(10)15)21(19,20)18-6-5-13-14(8-18)17(2)9-16-13/h3-4,7,9H,5-6,8H2,1-2H3. The highest BCUT2D eigenvalue weighted by atomic mass is 32.2. The van der Waals surface area contributed by atoms with Crippen LogP contribution >= 0.6 is 0 Å². The van der Waals surface area contributed by atoms with Crippen LogP contribution in [0.2, 0.25) is 0 Å². The summed E-state index contributed by atoms with van der Waals surface area (Å²) < 4.78 is 41.9. The van der Waals surface area contributed by atoms with Gasteiger partial charge in [-0.2, -0.15) is 4.31 Å². The zero-order chi connectivity index (χ0) is 15.2. The van der Waals surface area contributed by atoms with Gasteiger partial charge in [0.15, 0.2) is 0 Å². The molecule has 21 heavy (non-hydrogen) atoms. The molecule has 0 spiro atoms. The van der Waals surface area contributed by atoms with Crippen molar-refractivity contribution in [3.63, 3.8) is 0 Å². The molecule has 0 fully saturated rings. The molecule has 1 aromatic heterocycles. The van der Waals surface area contributed by atoms with Gasteiger partial charge in [0, 0.05) is 20.0 Å². The van der Waals surface area contributed by atoms with Crippen LogP contribution in [0, 0.1) is 12.7 Å². The average Bonchev–Trinajstić information content (AvgIpc) is 2.83. The van der Waals surface area contributed by atoms with Gasteiger partial charge in [0.1, 0.15) is 5.82 Å². The van der Waals surface area contributed by atoms with Gasteiger partial charge in [0.25, 0.3) is 0 Å². The van der Waals surface area contributed by atoms with Crippen molar-refractivity contribution in [1.82, 2.24) is 13.9 Å². The number of benzene rings is 1. The Morgan fingerprint density at radius 3 is 2.81 bits per heavy atom. The monoisotopic (exact) mass is 309 g/mol. The SMILES string of the molecule is Cc1cc(S(=O)(=O)N2CCc3ncn(C)c3C2)ccc1F. The molecule has 1 aromatic carbocycles. The number of hydrogen-bond donors (Lipinski definition) is 0. The number of nitrogens with zero attached hydrogens (tertiary/aromatic N) is 3. The van der Waals surface area contributed by atoms with Gasteiger partial charge in [0.2, 0.25) is 10.0 Å². The molecule has 1 aliphatic rings. The number of rotatable bonds is 2. The molecule has 0 atom stereocenters. The van der Waals surface area contributed by atoms with Crippen LogP contribution in [0.25, 0.3) is 0 Å². The van der Waals surface area contributed by atoms with Crippen molar-refractivity contribution in [2.75, 3.05) is 6.54 Å². The molecule has 0 N–H and O–H groups in total. The van der Waals surface area contributed by atoms with Crippen molar-refractivity contribution in [3.05, 3.63) is 47.3 Å². The lowest BCUT2D eigenvalue weighted by molar-refractivity contribution is 0.380. The molecule has 112 valence electrons. The zero-order valence-corrected chi connectivity index (χ0v) is 12.7. The first-order chi connectivity index (χ1) is 9.89. The first-order valence-electron chi connectivity index (χ1n) is 6.65. The number of aromatic nitrogens is 2. The highest BCUT2D eigenvalue weighted by molar-refractivity contribution is 7.89. The Morgan fingerprint density at radius 1 is 1.33 bits per heavy atom. The molecule has 0 aliphatic carbocycles. The lowest BCUT2D eigenvalue weighted by Crippen LogP contribution is -2.36. The quantitative estimate of drug-likeness (QED) is 0.847. The fraction of sp³-hybridized carbons (Fsp3) is 0.357. The van der Waals surface area contributed by atoms with Crippen LogP contribution in [0.1, 0.15) is 17.0 Å². The Labute approximate surface area is 123 Å². The second-order valence-electron chi connectivity index (χ2n) is 5.25. The van der Waals surface area contributed by atoms with E-state index in [4.69, 9.17) is 0 Å². The van der Waals surface area contributed by atoms with Crippen LogP contribution in [0.4, 0.5) is 4.39 Å². The topological polar surface area (TPSA) is 55.2 Å². The van der Waals surface area contributed by atoms with Crippen molar-refractivity contribution in [1.29, 1.82) is 0 Å². The smallest absolute Gasteiger partial charge is 0.243 e. The highest BCUT2D eigenvalue weighted by Crippen LogP contribution is 2.25. The minimum absolute atomic E-state index is 0.131. The summed E-state index contributed by atoms with van der Waals surface area (Å²) in [6.45, 7) is 2.25. The lowest BCUT2D eigenvalue weighted by Gasteiger charge is -2.26. The van der Waals surface area contributed by atoms with Gasteiger partial charge in [-0.25, -0.2) is 17.8 Å². The molecule has 0 amide bonds. The number of aryl methyl sites for hydroxylation is 2. The Hall–Kier alpha value is -1.73. The normalized spacial score (nSPS) is 16.0. The summed E-state index contributed by atoms with van der Waals surface area (Å²) >= 11 is 0. The number of imidazole rings is 1. The third-order valence-corrected chi connectivity index (χ3v) is 5.68. The maximum absolute atomic E-state index is 13.3. The average molecular weight is 309 g/mol. The number of hydrogen-bond acceptors (Lipinski definition) is 3. The van der Waals surface area contributed by atoms with Crippen LogP contribution in [-0.4, -0.2) is 28.8 Å². The molecule has 0 unspecified atom stereocenters. The number of halogens is 1. The second-order valence-corrected chi connectivity index (χ2v) is 7.19. The van der Waals surface area contributed by atoms with Gasteiger partial charge < -0.3 is 4.57 Å². The maximum atomic E-state index is 13.3. The van der Waals surface area contributed by atoms with Crippen molar-refractivity contribution in [3.8, 4) is 0 Å². The van der Waals surface area contributed by atoms with Gasteiger partial charge in [-0.3, -0.25) is 0 Å². The summed E-state index contributed by atoms with van der Waals surface area (Å²) in [6.07, 6.45) is 2.29. The van der Waals surface area contributed by atoms with Crippen molar-refractivity contribution < 1.29 is 12.8 Å². The van der Waals surface area contributed by atoms with Crippen LogP contribution < -0.4 is 0 Å². The predicted molar refractivity (Wildman–Crippen MR) is 75.6 cm³/mol. The van der Waals surface area contributed by atoms with Crippen molar-refractivity contribution in [2.24, 2.45) is 7.05 Å².